The Morgan fingerprint density at radius 2 is 2.05 bits per heavy atom. The molecule has 0 spiro atoms. The first-order chi connectivity index (χ1) is 8.76. The number of aliphatic hydroxyl groups is 1. The maximum atomic E-state index is 12.0. The lowest BCUT2D eigenvalue weighted by Gasteiger charge is -2.31. The van der Waals surface area contributed by atoms with Gasteiger partial charge in [0, 0.05) is 11.6 Å². The van der Waals surface area contributed by atoms with Gasteiger partial charge in [0.2, 0.25) is 0 Å². The fourth-order valence-electron chi connectivity index (χ4n) is 2.05. The Bertz CT molecular complexity index is 443. The molecular formula is C14H20ClNO3. The number of likely N-dealkylation sites (N-methyl/N-ethyl adjacent to an activating group) is 1. The monoisotopic (exact) mass is 285 g/mol. The molecule has 5 heteroatoms. The minimum absolute atomic E-state index is 0.317. The number of ether oxygens (including phenoxy) is 1. The molecule has 0 saturated heterocycles. The molecule has 0 amide bonds. The topological polar surface area (TPSA) is 49.8 Å². The molecule has 1 rings (SSSR count). The molecule has 4 nitrogen and oxygen atoms in total. The van der Waals surface area contributed by atoms with Crippen LogP contribution in [-0.2, 0) is 9.53 Å². The molecule has 0 bridgehead atoms. The highest BCUT2D eigenvalue weighted by Gasteiger charge is 2.30. The maximum absolute atomic E-state index is 12.0. The number of rotatable bonds is 5. The van der Waals surface area contributed by atoms with Crippen LogP contribution in [0.4, 0.5) is 0 Å². The Balaban J connectivity index is 3.09. The summed E-state index contributed by atoms with van der Waals surface area (Å²) in [5, 5.41) is 10.4. The predicted octanol–water partition coefficient (Wildman–Crippen LogP) is 2.26. The second-order valence-electron chi connectivity index (χ2n) is 5.17. The van der Waals surface area contributed by atoms with Crippen LogP contribution in [0.15, 0.2) is 24.3 Å². The van der Waals surface area contributed by atoms with Crippen molar-refractivity contribution in [2.24, 2.45) is 0 Å². The quantitative estimate of drug-likeness (QED) is 0.843. The fourth-order valence-corrected chi connectivity index (χ4v) is 2.29. The van der Waals surface area contributed by atoms with Crippen molar-refractivity contribution in [2.45, 2.75) is 25.5 Å². The van der Waals surface area contributed by atoms with Crippen molar-refractivity contribution in [3.8, 4) is 0 Å². The van der Waals surface area contributed by atoms with Crippen LogP contribution >= 0.6 is 11.6 Å². The van der Waals surface area contributed by atoms with Gasteiger partial charge < -0.3 is 9.84 Å². The molecule has 1 atom stereocenters. The second kappa shape index (κ2) is 6.37. The van der Waals surface area contributed by atoms with E-state index in [9.17, 15) is 9.90 Å². The molecule has 0 saturated carbocycles. The number of carbonyl (C=O) groups is 1. The first-order valence-corrected chi connectivity index (χ1v) is 6.39. The summed E-state index contributed by atoms with van der Waals surface area (Å²) in [6.45, 7) is 3.69. The summed E-state index contributed by atoms with van der Waals surface area (Å²) in [7, 11) is 3.09. The molecule has 1 aromatic carbocycles. The molecule has 1 unspecified atom stereocenters. The maximum Gasteiger partial charge on any atom is 0.327 e. The van der Waals surface area contributed by atoms with Crippen molar-refractivity contribution in [3.63, 3.8) is 0 Å². The van der Waals surface area contributed by atoms with Gasteiger partial charge in [0.1, 0.15) is 6.04 Å². The van der Waals surface area contributed by atoms with E-state index in [4.69, 9.17) is 16.3 Å². The Morgan fingerprint density at radius 1 is 1.47 bits per heavy atom. The van der Waals surface area contributed by atoms with Crippen molar-refractivity contribution >= 4 is 17.6 Å². The van der Waals surface area contributed by atoms with Crippen molar-refractivity contribution in [1.82, 2.24) is 4.90 Å². The molecule has 0 fully saturated rings. The van der Waals surface area contributed by atoms with Gasteiger partial charge in [-0.3, -0.25) is 4.90 Å². The normalized spacial score (nSPS) is 13.4. The lowest BCUT2D eigenvalue weighted by atomic mass is 10.0. The Morgan fingerprint density at radius 3 is 2.53 bits per heavy atom. The molecule has 0 aliphatic rings. The predicted molar refractivity (Wildman–Crippen MR) is 75.1 cm³/mol. The summed E-state index contributed by atoms with van der Waals surface area (Å²) in [6.07, 6.45) is 0. The summed E-state index contributed by atoms with van der Waals surface area (Å²) in [6, 6.07) is 6.49. The van der Waals surface area contributed by atoms with Gasteiger partial charge in [0.25, 0.3) is 0 Å². The van der Waals surface area contributed by atoms with Crippen LogP contribution in [0.5, 0.6) is 0 Å². The average molecular weight is 286 g/mol. The lowest BCUT2D eigenvalue weighted by Crippen LogP contribution is -2.41. The van der Waals surface area contributed by atoms with Crippen molar-refractivity contribution in [2.75, 3.05) is 20.7 Å². The van der Waals surface area contributed by atoms with Gasteiger partial charge in [0.15, 0.2) is 0 Å². The zero-order chi connectivity index (χ0) is 14.6. The van der Waals surface area contributed by atoms with Crippen molar-refractivity contribution in [1.29, 1.82) is 0 Å². The number of carbonyl (C=O) groups excluding carboxylic acids is 1. The van der Waals surface area contributed by atoms with Gasteiger partial charge >= 0.3 is 5.97 Å². The summed E-state index contributed by atoms with van der Waals surface area (Å²) >= 11 is 6.14. The van der Waals surface area contributed by atoms with Crippen LogP contribution in [0.25, 0.3) is 0 Å². The molecule has 0 aliphatic heterocycles. The van der Waals surface area contributed by atoms with Crippen LogP contribution in [0.1, 0.15) is 25.5 Å². The highest BCUT2D eigenvalue weighted by atomic mass is 35.5. The number of nitrogens with zero attached hydrogens (tertiary/aromatic N) is 1. The largest absolute Gasteiger partial charge is 0.468 e. The Hall–Kier alpha value is -1.10. The molecule has 0 aliphatic carbocycles. The van der Waals surface area contributed by atoms with E-state index in [-0.39, 0.29) is 0 Å². The fraction of sp³-hybridized carbons (Fsp3) is 0.500. The summed E-state index contributed by atoms with van der Waals surface area (Å²) < 4.78 is 4.84. The molecule has 19 heavy (non-hydrogen) atoms. The van der Waals surface area contributed by atoms with Crippen LogP contribution in [-0.4, -0.2) is 42.3 Å². The molecule has 0 aromatic heterocycles. The zero-order valence-corrected chi connectivity index (χ0v) is 12.4. The minimum Gasteiger partial charge on any atom is -0.468 e. The highest BCUT2D eigenvalue weighted by Crippen LogP contribution is 2.28. The number of benzene rings is 1. The van der Waals surface area contributed by atoms with Crippen molar-refractivity contribution < 1.29 is 14.6 Å². The zero-order valence-electron chi connectivity index (χ0n) is 11.7. The standard InChI is InChI=1S/C14H20ClNO3/c1-14(2,18)9-16(3)12(13(17)19-4)10-7-5-6-8-11(10)15/h5-8,12,18H,9H2,1-4H3. The highest BCUT2D eigenvalue weighted by molar-refractivity contribution is 6.31. The number of esters is 1. The SMILES string of the molecule is COC(=O)C(c1ccccc1Cl)N(C)CC(C)(C)O. The van der Waals surface area contributed by atoms with Crippen LogP contribution in [0.2, 0.25) is 5.02 Å². The van der Waals surface area contributed by atoms with E-state index >= 15 is 0 Å². The third-order valence-corrected chi connectivity index (χ3v) is 3.05. The third kappa shape index (κ3) is 4.49. The van der Waals surface area contributed by atoms with Crippen LogP contribution < -0.4 is 0 Å². The summed E-state index contributed by atoms with van der Waals surface area (Å²) in [5.74, 6) is -0.403. The van der Waals surface area contributed by atoms with Gasteiger partial charge in [-0.2, -0.15) is 0 Å². The molecule has 0 heterocycles. The van der Waals surface area contributed by atoms with Gasteiger partial charge in [-0.25, -0.2) is 4.79 Å². The van der Waals surface area contributed by atoms with E-state index < -0.39 is 17.6 Å². The van der Waals surface area contributed by atoms with Crippen LogP contribution in [0, 0.1) is 0 Å². The summed E-state index contributed by atoms with van der Waals surface area (Å²) in [4.78, 5) is 13.7. The van der Waals surface area contributed by atoms with E-state index in [2.05, 4.69) is 0 Å². The van der Waals surface area contributed by atoms with E-state index in [1.807, 2.05) is 6.07 Å². The third-order valence-electron chi connectivity index (χ3n) is 2.70. The van der Waals surface area contributed by atoms with Gasteiger partial charge in [-0.05, 0) is 32.5 Å². The number of halogens is 1. The van der Waals surface area contributed by atoms with Gasteiger partial charge in [-0.15, -0.1) is 0 Å². The Kier molecular flexibility index (Phi) is 5.35. The Labute approximate surface area is 118 Å². The van der Waals surface area contributed by atoms with Crippen LogP contribution in [0.3, 0.4) is 0 Å². The smallest absolute Gasteiger partial charge is 0.327 e. The minimum atomic E-state index is -0.914. The van der Waals surface area contributed by atoms with Gasteiger partial charge in [0.05, 0.1) is 12.7 Å². The molecule has 1 aromatic rings. The lowest BCUT2D eigenvalue weighted by molar-refractivity contribution is -0.147. The second-order valence-corrected chi connectivity index (χ2v) is 5.58. The van der Waals surface area contributed by atoms with E-state index in [1.54, 1.807) is 44.0 Å². The van der Waals surface area contributed by atoms with E-state index in [0.717, 1.165) is 0 Å². The molecule has 1 N–H and O–H groups in total. The molecule has 106 valence electrons. The average Bonchev–Trinajstić information content (AvgIpc) is 2.29. The van der Waals surface area contributed by atoms with Crippen molar-refractivity contribution in [3.05, 3.63) is 34.9 Å². The number of hydrogen-bond donors (Lipinski definition) is 1. The first-order valence-electron chi connectivity index (χ1n) is 6.01. The molecule has 0 radical (unpaired) electrons. The number of methoxy groups -OCH3 is 1. The van der Waals surface area contributed by atoms with Gasteiger partial charge in [-0.1, -0.05) is 29.8 Å². The van der Waals surface area contributed by atoms with E-state index in [0.29, 0.717) is 17.1 Å². The molecular weight excluding hydrogens is 266 g/mol. The van der Waals surface area contributed by atoms with E-state index in [1.165, 1.54) is 7.11 Å². The summed E-state index contributed by atoms with van der Waals surface area (Å²) in [5.41, 5.74) is -0.245. The number of hydrogen-bond acceptors (Lipinski definition) is 4. The first kappa shape index (κ1) is 16.0.